The average molecular weight is 325 g/mol. The van der Waals surface area contributed by atoms with Gasteiger partial charge in [-0.1, -0.05) is 6.92 Å². The van der Waals surface area contributed by atoms with Crippen LogP contribution in [0.5, 0.6) is 0 Å². The number of hydrogen-bond donors (Lipinski definition) is 1. The van der Waals surface area contributed by atoms with Gasteiger partial charge in [0, 0.05) is 27.8 Å². The summed E-state index contributed by atoms with van der Waals surface area (Å²) in [6, 6.07) is 6.67. The zero-order valence-electron chi connectivity index (χ0n) is 10.4. The van der Waals surface area contributed by atoms with Gasteiger partial charge in [0.05, 0.1) is 0 Å². The van der Waals surface area contributed by atoms with E-state index in [0.29, 0.717) is 6.04 Å². The number of nitrogens with zero attached hydrogens (tertiary/aromatic N) is 1. The highest BCUT2D eigenvalue weighted by atomic mass is 79.9. The van der Waals surface area contributed by atoms with Gasteiger partial charge in [-0.05, 0) is 64.5 Å². The summed E-state index contributed by atoms with van der Waals surface area (Å²) in [6.45, 7) is 3.24. The Morgan fingerprint density at radius 3 is 2.72 bits per heavy atom. The molecule has 0 radical (unpaired) electrons. The Morgan fingerprint density at radius 2 is 2.11 bits per heavy atom. The second-order valence-electron chi connectivity index (χ2n) is 4.20. The van der Waals surface area contributed by atoms with Gasteiger partial charge in [-0.2, -0.15) is 0 Å². The van der Waals surface area contributed by atoms with Crippen molar-refractivity contribution in [3.63, 3.8) is 0 Å². The summed E-state index contributed by atoms with van der Waals surface area (Å²) < 4.78 is 1.20. The molecule has 0 fully saturated rings. The van der Waals surface area contributed by atoms with Crippen LogP contribution < -0.4 is 5.32 Å². The molecule has 2 nitrogen and oxygen atoms in total. The molecule has 4 heteroatoms. The molecule has 2 rings (SSSR count). The van der Waals surface area contributed by atoms with E-state index < -0.39 is 0 Å². The van der Waals surface area contributed by atoms with Gasteiger partial charge in [-0.25, -0.2) is 0 Å². The summed E-state index contributed by atoms with van der Waals surface area (Å²) in [5, 5.41) is 5.75. The van der Waals surface area contributed by atoms with Gasteiger partial charge >= 0.3 is 0 Å². The normalized spacial score (nSPS) is 12.6. The maximum atomic E-state index is 4.07. The molecular weight excluding hydrogens is 308 g/mol. The standard InChI is InChI=1S/C14H17BrN2S/c1-2-6-17-13(14-12(15)5-9-18-14)10-11-3-7-16-8-4-11/h3-5,7-9,13,17H,2,6,10H2,1H3. The molecule has 0 aliphatic carbocycles. The van der Waals surface area contributed by atoms with E-state index in [1.165, 1.54) is 14.9 Å². The predicted molar refractivity (Wildman–Crippen MR) is 81.0 cm³/mol. The first-order chi connectivity index (χ1) is 8.81. The molecular formula is C14H17BrN2S. The van der Waals surface area contributed by atoms with Gasteiger partial charge in [0.2, 0.25) is 0 Å². The third kappa shape index (κ3) is 3.64. The smallest absolute Gasteiger partial charge is 0.0467 e. The van der Waals surface area contributed by atoms with Crippen LogP contribution in [0.15, 0.2) is 40.4 Å². The monoisotopic (exact) mass is 324 g/mol. The number of thiophene rings is 1. The largest absolute Gasteiger partial charge is 0.309 e. The lowest BCUT2D eigenvalue weighted by molar-refractivity contribution is 0.535. The van der Waals surface area contributed by atoms with Crippen LogP contribution in [0, 0.1) is 0 Å². The van der Waals surface area contributed by atoms with E-state index in [1.54, 1.807) is 11.3 Å². The highest BCUT2D eigenvalue weighted by Gasteiger charge is 2.15. The Kier molecular flexibility index (Phi) is 5.35. The molecule has 0 spiro atoms. The third-order valence-corrected chi connectivity index (χ3v) is 4.78. The summed E-state index contributed by atoms with van der Waals surface area (Å²) in [6.07, 6.45) is 5.86. The molecule has 0 bridgehead atoms. The number of hydrogen-bond acceptors (Lipinski definition) is 3. The molecule has 0 aromatic carbocycles. The predicted octanol–water partition coefficient (Wildman–Crippen LogP) is 4.19. The lowest BCUT2D eigenvalue weighted by Crippen LogP contribution is -2.23. The van der Waals surface area contributed by atoms with Crippen molar-refractivity contribution in [1.29, 1.82) is 0 Å². The Morgan fingerprint density at radius 1 is 1.33 bits per heavy atom. The first-order valence-electron chi connectivity index (χ1n) is 6.16. The number of rotatable bonds is 6. The van der Waals surface area contributed by atoms with Gasteiger partial charge in [-0.3, -0.25) is 4.98 Å². The zero-order valence-corrected chi connectivity index (χ0v) is 12.8. The molecule has 1 atom stereocenters. The Labute approximate surface area is 121 Å². The summed E-state index contributed by atoms with van der Waals surface area (Å²) in [5.41, 5.74) is 1.32. The van der Waals surface area contributed by atoms with Crippen molar-refractivity contribution in [2.45, 2.75) is 25.8 Å². The fourth-order valence-electron chi connectivity index (χ4n) is 1.88. The van der Waals surface area contributed by atoms with Crippen LogP contribution in [0.1, 0.15) is 29.8 Å². The van der Waals surface area contributed by atoms with Gasteiger partial charge in [0.15, 0.2) is 0 Å². The molecule has 2 heterocycles. The molecule has 0 saturated carbocycles. The minimum atomic E-state index is 0.377. The van der Waals surface area contributed by atoms with Crippen molar-refractivity contribution >= 4 is 27.3 Å². The highest BCUT2D eigenvalue weighted by Crippen LogP contribution is 2.31. The van der Waals surface area contributed by atoms with E-state index in [9.17, 15) is 0 Å². The Bertz CT molecular complexity index is 470. The first kappa shape index (κ1) is 13.7. The lowest BCUT2D eigenvalue weighted by atomic mass is 10.1. The minimum absolute atomic E-state index is 0.377. The average Bonchev–Trinajstić information content (AvgIpc) is 2.82. The molecule has 0 aliphatic heterocycles. The van der Waals surface area contributed by atoms with Crippen molar-refractivity contribution < 1.29 is 0 Å². The molecule has 1 unspecified atom stereocenters. The van der Waals surface area contributed by atoms with E-state index in [4.69, 9.17) is 0 Å². The molecule has 2 aromatic rings. The molecule has 1 N–H and O–H groups in total. The molecule has 96 valence electrons. The number of aromatic nitrogens is 1. The van der Waals surface area contributed by atoms with E-state index in [-0.39, 0.29) is 0 Å². The highest BCUT2D eigenvalue weighted by molar-refractivity contribution is 9.10. The Hall–Kier alpha value is -0.710. The summed E-state index contributed by atoms with van der Waals surface area (Å²) >= 11 is 5.43. The number of pyridine rings is 1. The van der Waals surface area contributed by atoms with E-state index in [1.807, 2.05) is 12.4 Å². The second-order valence-corrected chi connectivity index (χ2v) is 6.00. The van der Waals surface area contributed by atoms with Crippen molar-refractivity contribution in [2.24, 2.45) is 0 Å². The number of nitrogens with one attached hydrogen (secondary N) is 1. The van der Waals surface area contributed by atoms with Gasteiger partial charge in [0.25, 0.3) is 0 Å². The summed E-state index contributed by atoms with van der Waals surface area (Å²) in [7, 11) is 0. The van der Waals surface area contributed by atoms with Crippen LogP contribution >= 0.6 is 27.3 Å². The topological polar surface area (TPSA) is 24.9 Å². The Balaban J connectivity index is 2.13. The molecule has 18 heavy (non-hydrogen) atoms. The maximum absolute atomic E-state index is 4.07. The second kappa shape index (κ2) is 7.02. The zero-order chi connectivity index (χ0) is 12.8. The van der Waals surface area contributed by atoms with Crippen LogP contribution in [0.4, 0.5) is 0 Å². The summed E-state index contributed by atoms with van der Waals surface area (Å²) in [5.74, 6) is 0. The van der Waals surface area contributed by atoms with Crippen LogP contribution in [0.2, 0.25) is 0 Å². The van der Waals surface area contributed by atoms with Crippen LogP contribution in [-0.4, -0.2) is 11.5 Å². The molecule has 2 aromatic heterocycles. The quantitative estimate of drug-likeness (QED) is 0.861. The van der Waals surface area contributed by atoms with Crippen LogP contribution in [0.3, 0.4) is 0 Å². The van der Waals surface area contributed by atoms with E-state index in [0.717, 1.165) is 19.4 Å². The van der Waals surface area contributed by atoms with Gasteiger partial charge < -0.3 is 5.32 Å². The SMILES string of the molecule is CCCNC(Cc1ccncc1)c1sccc1Br. The number of halogens is 1. The minimum Gasteiger partial charge on any atom is -0.309 e. The van der Waals surface area contributed by atoms with E-state index in [2.05, 4.69) is 56.7 Å². The maximum Gasteiger partial charge on any atom is 0.0467 e. The third-order valence-electron chi connectivity index (χ3n) is 2.79. The van der Waals surface area contributed by atoms with Gasteiger partial charge in [0.1, 0.15) is 0 Å². The summed E-state index contributed by atoms with van der Waals surface area (Å²) in [4.78, 5) is 5.44. The first-order valence-corrected chi connectivity index (χ1v) is 7.83. The van der Waals surface area contributed by atoms with Crippen LogP contribution in [0.25, 0.3) is 0 Å². The molecule has 0 saturated heterocycles. The molecule has 0 amide bonds. The fourth-order valence-corrected chi connectivity index (χ4v) is 3.61. The van der Waals surface area contributed by atoms with Crippen molar-refractivity contribution in [3.8, 4) is 0 Å². The lowest BCUT2D eigenvalue weighted by Gasteiger charge is -2.18. The fraction of sp³-hybridized carbons (Fsp3) is 0.357. The van der Waals surface area contributed by atoms with Crippen molar-refractivity contribution in [2.75, 3.05) is 6.54 Å². The van der Waals surface area contributed by atoms with Crippen molar-refractivity contribution in [1.82, 2.24) is 10.3 Å². The van der Waals surface area contributed by atoms with Gasteiger partial charge in [-0.15, -0.1) is 11.3 Å². The van der Waals surface area contributed by atoms with Crippen LogP contribution in [-0.2, 0) is 6.42 Å². The van der Waals surface area contributed by atoms with E-state index >= 15 is 0 Å². The van der Waals surface area contributed by atoms with Crippen molar-refractivity contribution in [3.05, 3.63) is 50.9 Å². The molecule has 0 aliphatic rings.